The largest absolute Gasteiger partial charge is 0.373 e. The van der Waals surface area contributed by atoms with Crippen LogP contribution in [0.3, 0.4) is 0 Å². The minimum absolute atomic E-state index is 0.369. The van der Waals surface area contributed by atoms with E-state index < -0.39 is 0 Å². The van der Waals surface area contributed by atoms with E-state index in [9.17, 15) is 0 Å². The number of pyridine rings is 1. The molecule has 3 aromatic heterocycles. The van der Waals surface area contributed by atoms with Crippen LogP contribution in [-0.4, -0.2) is 32.9 Å². The summed E-state index contributed by atoms with van der Waals surface area (Å²) in [6.45, 7) is 5.40. The van der Waals surface area contributed by atoms with E-state index in [2.05, 4.69) is 33.0 Å². The lowest BCUT2D eigenvalue weighted by molar-refractivity contribution is 0.0791. The quantitative estimate of drug-likeness (QED) is 0.761. The highest BCUT2D eigenvalue weighted by Crippen LogP contribution is 2.36. The Balaban J connectivity index is 1.70. The molecule has 5 heterocycles. The molecule has 1 atom stereocenters. The molecule has 2 aliphatic heterocycles. The van der Waals surface area contributed by atoms with E-state index in [1.807, 2.05) is 12.4 Å². The molecular formula is C18H21N5O. The first-order chi connectivity index (χ1) is 11.8. The summed E-state index contributed by atoms with van der Waals surface area (Å²) in [5.41, 5.74) is 6.83. The molecule has 0 aromatic carbocycles. The number of nitrogens with zero attached hydrogens (tertiary/aromatic N) is 3. The number of nitrogens with one attached hydrogen (secondary N) is 2. The molecule has 1 unspecified atom stereocenters. The third kappa shape index (κ3) is 2.10. The number of fused-ring (bicyclic) bond motifs is 2. The molecule has 0 aliphatic carbocycles. The van der Waals surface area contributed by atoms with Crippen LogP contribution in [0.1, 0.15) is 35.7 Å². The predicted octanol–water partition coefficient (Wildman–Crippen LogP) is 2.69. The number of ether oxygens (including phenoxy) is 1. The second kappa shape index (κ2) is 5.43. The Morgan fingerprint density at radius 3 is 3.21 bits per heavy atom. The molecular weight excluding hydrogens is 302 g/mol. The molecule has 2 N–H and O–H groups in total. The van der Waals surface area contributed by atoms with Gasteiger partial charge in [0.15, 0.2) is 0 Å². The average Bonchev–Trinajstić information content (AvgIpc) is 3.32. The topological polar surface area (TPSA) is 67.8 Å². The molecule has 2 aliphatic rings. The molecule has 6 nitrogen and oxygen atoms in total. The van der Waals surface area contributed by atoms with Gasteiger partial charge in [0.25, 0.3) is 0 Å². The Morgan fingerprint density at radius 2 is 2.33 bits per heavy atom. The van der Waals surface area contributed by atoms with Crippen LogP contribution < -0.4 is 5.32 Å². The number of aromatic amines is 1. The van der Waals surface area contributed by atoms with Gasteiger partial charge in [-0.3, -0.25) is 4.68 Å². The van der Waals surface area contributed by atoms with E-state index in [1.165, 1.54) is 28.6 Å². The lowest BCUT2D eigenvalue weighted by Gasteiger charge is -2.18. The third-order valence-electron chi connectivity index (χ3n) is 5.20. The van der Waals surface area contributed by atoms with Gasteiger partial charge in [0, 0.05) is 34.9 Å². The van der Waals surface area contributed by atoms with Crippen molar-refractivity contribution in [2.75, 3.05) is 13.2 Å². The van der Waals surface area contributed by atoms with Crippen molar-refractivity contribution in [1.82, 2.24) is 25.1 Å². The standard InChI is InChI=1S/C18H21N5O/c1-11-8-20-18-13(11)7-12(9-21-18)17-16(14-3-2-4-19-14)15-10-24-6-5-23(15)22-17/h7-9,14,19H,2-6,10H2,1H3,(H,20,21). The number of aryl methyl sites for hydroxylation is 1. The van der Waals surface area contributed by atoms with Crippen LogP contribution in [0.5, 0.6) is 0 Å². The summed E-state index contributed by atoms with van der Waals surface area (Å²) < 4.78 is 7.84. The molecule has 0 saturated carbocycles. The maximum absolute atomic E-state index is 5.71. The van der Waals surface area contributed by atoms with Gasteiger partial charge in [0.05, 0.1) is 31.1 Å². The number of hydrogen-bond acceptors (Lipinski definition) is 4. The highest BCUT2D eigenvalue weighted by atomic mass is 16.5. The molecule has 0 bridgehead atoms. The predicted molar refractivity (Wildman–Crippen MR) is 91.7 cm³/mol. The monoisotopic (exact) mass is 323 g/mol. The zero-order chi connectivity index (χ0) is 16.1. The zero-order valence-electron chi connectivity index (χ0n) is 13.8. The first-order valence-corrected chi connectivity index (χ1v) is 8.66. The second-order valence-corrected chi connectivity index (χ2v) is 6.73. The van der Waals surface area contributed by atoms with Crippen molar-refractivity contribution in [3.8, 4) is 11.3 Å². The van der Waals surface area contributed by atoms with Crippen LogP contribution in [0.2, 0.25) is 0 Å². The highest BCUT2D eigenvalue weighted by molar-refractivity contribution is 5.84. The minimum atomic E-state index is 0.369. The van der Waals surface area contributed by atoms with E-state index in [4.69, 9.17) is 9.84 Å². The van der Waals surface area contributed by atoms with Gasteiger partial charge in [-0.25, -0.2) is 4.98 Å². The summed E-state index contributed by atoms with van der Waals surface area (Å²) in [5.74, 6) is 0. The summed E-state index contributed by atoms with van der Waals surface area (Å²) >= 11 is 0. The first-order valence-electron chi connectivity index (χ1n) is 8.66. The highest BCUT2D eigenvalue weighted by Gasteiger charge is 2.29. The van der Waals surface area contributed by atoms with Crippen molar-refractivity contribution in [1.29, 1.82) is 0 Å². The minimum Gasteiger partial charge on any atom is -0.373 e. The maximum atomic E-state index is 5.71. The maximum Gasteiger partial charge on any atom is 0.137 e. The van der Waals surface area contributed by atoms with Crippen LogP contribution in [0.4, 0.5) is 0 Å². The molecule has 0 radical (unpaired) electrons. The van der Waals surface area contributed by atoms with Crippen LogP contribution in [0.25, 0.3) is 22.3 Å². The van der Waals surface area contributed by atoms with E-state index in [1.54, 1.807) is 0 Å². The van der Waals surface area contributed by atoms with Gasteiger partial charge in [-0.2, -0.15) is 5.10 Å². The van der Waals surface area contributed by atoms with Gasteiger partial charge < -0.3 is 15.0 Å². The van der Waals surface area contributed by atoms with Crippen LogP contribution >= 0.6 is 0 Å². The molecule has 24 heavy (non-hydrogen) atoms. The van der Waals surface area contributed by atoms with Crippen molar-refractivity contribution >= 4 is 11.0 Å². The Labute approximate surface area is 140 Å². The molecule has 1 saturated heterocycles. The fourth-order valence-corrected chi connectivity index (χ4v) is 3.94. The molecule has 6 heteroatoms. The molecule has 5 rings (SSSR count). The molecule has 0 amide bonds. The average molecular weight is 323 g/mol. The summed E-state index contributed by atoms with van der Waals surface area (Å²) in [4.78, 5) is 7.81. The van der Waals surface area contributed by atoms with Gasteiger partial charge in [0.2, 0.25) is 0 Å². The Kier molecular flexibility index (Phi) is 3.21. The smallest absolute Gasteiger partial charge is 0.137 e. The van der Waals surface area contributed by atoms with Gasteiger partial charge in [0.1, 0.15) is 5.65 Å². The fraction of sp³-hybridized carbons (Fsp3) is 0.444. The molecule has 124 valence electrons. The molecule has 0 spiro atoms. The van der Waals surface area contributed by atoms with Crippen molar-refractivity contribution < 1.29 is 4.74 Å². The van der Waals surface area contributed by atoms with Gasteiger partial charge in [-0.15, -0.1) is 0 Å². The van der Waals surface area contributed by atoms with Crippen molar-refractivity contribution in [3.63, 3.8) is 0 Å². The van der Waals surface area contributed by atoms with Crippen molar-refractivity contribution in [3.05, 3.63) is 35.3 Å². The van der Waals surface area contributed by atoms with Crippen LogP contribution in [0.15, 0.2) is 18.5 Å². The van der Waals surface area contributed by atoms with Gasteiger partial charge in [-0.05, 0) is 37.9 Å². The van der Waals surface area contributed by atoms with Crippen molar-refractivity contribution in [2.45, 2.75) is 39.0 Å². The summed E-state index contributed by atoms with van der Waals surface area (Å²) in [6.07, 6.45) is 6.31. The SMILES string of the molecule is Cc1c[nH]c2ncc(-c3nn4c(c3C3CCCN3)COCC4)cc12. The normalized spacial score (nSPS) is 20.6. The Morgan fingerprint density at radius 1 is 1.38 bits per heavy atom. The van der Waals surface area contributed by atoms with E-state index >= 15 is 0 Å². The number of rotatable bonds is 2. The van der Waals surface area contributed by atoms with E-state index in [-0.39, 0.29) is 0 Å². The zero-order valence-corrected chi connectivity index (χ0v) is 13.8. The van der Waals surface area contributed by atoms with E-state index in [0.29, 0.717) is 12.6 Å². The second-order valence-electron chi connectivity index (χ2n) is 6.73. The summed E-state index contributed by atoms with van der Waals surface area (Å²) in [6, 6.07) is 2.58. The molecule has 3 aromatic rings. The van der Waals surface area contributed by atoms with Crippen molar-refractivity contribution in [2.24, 2.45) is 0 Å². The lowest BCUT2D eigenvalue weighted by atomic mass is 9.98. The van der Waals surface area contributed by atoms with Gasteiger partial charge in [-0.1, -0.05) is 0 Å². The Bertz CT molecular complexity index is 904. The fourth-order valence-electron chi connectivity index (χ4n) is 3.94. The molecule has 1 fully saturated rings. The summed E-state index contributed by atoms with van der Waals surface area (Å²) in [5, 5.41) is 9.73. The summed E-state index contributed by atoms with van der Waals surface area (Å²) in [7, 11) is 0. The number of H-pyrrole nitrogens is 1. The van der Waals surface area contributed by atoms with Gasteiger partial charge >= 0.3 is 0 Å². The Hall–Kier alpha value is -2.18. The van der Waals surface area contributed by atoms with Crippen LogP contribution in [-0.2, 0) is 17.9 Å². The first kappa shape index (κ1) is 14.2. The van der Waals surface area contributed by atoms with Crippen LogP contribution in [0, 0.1) is 6.92 Å². The van der Waals surface area contributed by atoms with E-state index in [0.717, 1.165) is 43.0 Å². The third-order valence-corrected chi connectivity index (χ3v) is 5.20. The number of hydrogen-bond donors (Lipinski definition) is 2. The lowest BCUT2D eigenvalue weighted by Crippen LogP contribution is -2.20. The number of aromatic nitrogens is 4.